The van der Waals surface area contributed by atoms with Crippen molar-refractivity contribution in [1.82, 2.24) is 25.3 Å². The molecular weight excluding hydrogens is 328 g/mol. The van der Waals surface area contributed by atoms with Crippen LogP contribution in [0.2, 0.25) is 0 Å². The molecule has 0 aliphatic carbocycles. The van der Waals surface area contributed by atoms with E-state index in [1.807, 2.05) is 5.38 Å². The number of tetrazole rings is 1. The third-order valence-corrected chi connectivity index (χ3v) is 3.85. The molecule has 1 amide bonds. The van der Waals surface area contributed by atoms with Crippen molar-refractivity contribution >= 4 is 28.6 Å². The Morgan fingerprint density at radius 2 is 2.00 bits per heavy atom. The number of fused-ring (bicyclic) bond motifs is 1. The summed E-state index contributed by atoms with van der Waals surface area (Å²) in [5.41, 5.74) is 1.86. The molecule has 24 heavy (non-hydrogen) atoms. The van der Waals surface area contributed by atoms with E-state index in [9.17, 15) is 4.79 Å². The van der Waals surface area contributed by atoms with Crippen molar-refractivity contribution in [1.29, 1.82) is 0 Å². The van der Waals surface area contributed by atoms with E-state index in [4.69, 9.17) is 4.74 Å². The fourth-order valence-corrected chi connectivity index (χ4v) is 2.65. The van der Waals surface area contributed by atoms with Crippen molar-refractivity contribution in [3.63, 3.8) is 0 Å². The normalized spacial score (nSPS) is 10.7. The van der Waals surface area contributed by atoms with Crippen molar-refractivity contribution in [3.05, 3.63) is 58.8 Å². The highest BCUT2D eigenvalue weighted by atomic mass is 32.1. The predicted molar refractivity (Wildman–Crippen MR) is 87.4 cm³/mol. The van der Waals surface area contributed by atoms with Crippen LogP contribution in [0.3, 0.4) is 0 Å². The molecule has 0 bridgehead atoms. The molecule has 118 valence electrons. The van der Waals surface area contributed by atoms with E-state index in [0.29, 0.717) is 28.5 Å². The van der Waals surface area contributed by atoms with Crippen molar-refractivity contribution in [2.45, 2.75) is 0 Å². The number of rotatable bonds is 4. The maximum atomic E-state index is 12.0. The highest BCUT2D eigenvalue weighted by Gasteiger charge is 2.07. The summed E-state index contributed by atoms with van der Waals surface area (Å²) >= 11 is 1.48. The number of nitrogens with zero attached hydrogens (tertiary/aromatic N) is 5. The molecule has 3 aromatic heterocycles. The van der Waals surface area contributed by atoms with Crippen LogP contribution in [0.15, 0.2) is 53.2 Å². The van der Waals surface area contributed by atoms with E-state index in [0.717, 1.165) is 0 Å². The molecule has 3 heterocycles. The highest BCUT2D eigenvalue weighted by molar-refractivity contribution is 7.08. The van der Waals surface area contributed by atoms with Gasteiger partial charge in [0.1, 0.15) is 5.75 Å². The minimum Gasteiger partial charge on any atom is -0.438 e. The second-order valence-corrected chi connectivity index (χ2v) is 5.57. The van der Waals surface area contributed by atoms with E-state index in [1.165, 1.54) is 16.0 Å². The molecule has 0 atom stereocenters. The molecule has 4 rings (SSSR count). The Balaban J connectivity index is 1.46. The molecule has 0 spiro atoms. The first-order chi connectivity index (χ1) is 11.8. The Morgan fingerprint density at radius 3 is 2.79 bits per heavy atom. The van der Waals surface area contributed by atoms with Gasteiger partial charge in [0.05, 0.1) is 5.56 Å². The van der Waals surface area contributed by atoms with Gasteiger partial charge in [-0.25, -0.2) is 0 Å². The van der Waals surface area contributed by atoms with Gasteiger partial charge in [-0.2, -0.15) is 11.3 Å². The summed E-state index contributed by atoms with van der Waals surface area (Å²) < 4.78 is 6.93. The van der Waals surface area contributed by atoms with Crippen LogP contribution in [0.25, 0.3) is 5.65 Å². The van der Waals surface area contributed by atoms with Gasteiger partial charge in [-0.1, -0.05) is 0 Å². The second kappa shape index (κ2) is 6.05. The summed E-state index contributed by atoms with van der Waals surface area (Å²) in [7, 11) is 0. The molecule has 4 aromatic rings. The largest absolute Gasteiger partial charge is 0.438 e. The van der Waals surface area contributed by atoms with E-state index in [1.54, 1.807) is 47.8 Å². The lowest BCUT2D eigenvalue weighted by molar-refractivity contribution is 0.102. The zero-order valence-corrected chi connectivity index (χ0v) is 13.0. The Kier molecular flexibility index (Phi) is 3.60. The number of thiophene rings is 1. The summed E-state index contributed by atoms with van der Waals surface area (Å²) in [4.78, 5) is 12.0. The van der Waals surface area contributed by atoms with Crippen molar-refractivity contribution in [2.24, 2.45) is 0 Å². The van der Waals surface area contributed by atoms with Gasteiger partial charge in [0, 0.05) is 17.1 Å². The van der Waals surface area contributed by atoms with Crippen LogP contribution in [0.4, 0.5) is 5.69 Å². The Hall–Kier alpha value is -3.33. The van der Waals surface area contributed by atoms with Gasteiger partial charge >= 0.3 is 0 Å². The van der Waals surface area contributed by atoms with Gasteiger partial charge in [0.25, 0.3) is 5.91 Å². The standard InChI is InChI=1S/C15H10N6O2S/c22-15(10-7-8-24-9-10)16-11-1-3-12(4-2-11)23-14-6-5-13-17-19-20-21(13)18-14/h1-9H,(H,16,22). The number of carbonyl (C=O) groups excluding carboxylic acids is 1. The number of hydrogen-bond donors (Lipinski definition) is 1. The average molecular weight is 338 g/mol. The fraction of sp³-hybridized carbons (Fsp3) is 0. The summed E-state index contributed by atoms with van der Waals surface area (Å²) in [6.45, 7) is 0. The van der Waals surface area contributed by atoms with Gasteiger partial charge in [-0.3, -0.25) is 4.79 Å². The van der Waals surface area contributed by atoms with Crippen molar-refractivity contribution < 1.29 is 9.53 Å². The lowest BCUT2D eigenvalue weighted by Gasteiger charge is -2.07. The Bertz CT molecular complexity index is 981. The number of nitrogens with one attached hydrogen (secondary N) is 1. The molecule has 0 radical (unpaired) electrons. The van der Waals surface area contributed by atoms with Crippen LogP contribution in [-0.4, -0.2) is 31.2 Å². The molecular formula is C15H10N6O2S. The van der Waals surface area contributed by atoms with Gasteiger partial charge in [0.2, 0.25) is 5.88 Å². The first-order valence-electron chi connectivity index (χ1n) is 6.95. The summed E-state index contributed by atoms with van der Waals surface area (Å²) in [6.07, 6.45) is 0. The minimum absolute atomic E-state index is 0.143. The van der Waals surface area contributed by atoms with E-state index in [-0.39, 0.29) is 5.91 Å². The molecule has 0 saturated carbocycles. The molecule has 9 heteroatoms. The highest BCUT2D eigenvalue weighted by Crippen LogP contribution is 2.22. The molecule has 0 aliphatic rings. The molecule has 1 aromatic carbocycles. The first kappa shape index (κ1) is 14.3. The zero-order valence-electron chi connectivity index (χ0n) is 12.2. The lowest BCUT2D eigenvalue weighted by atomic mass is 10.2. The number of hydrogen-bond acceptors (Lipinski definition) is 7. The molecule has 0 fully saturated rings. The molecule has 1 N–H and O–H groups in total. The summed E-state index contributed by atoms with van der Waals surface area (Å²) in [5, 5.41) is 21.6. The van der Waals surface area contributed by atoms with E-state index < -0.39 is 0 Å². The van der Waals surface area contributed by atoms with Gasteiger partial charge in [0.15, 0.2) is 5.65 Å². The maximum absolute atomic E-state index is 12.0. The van der Waals surface area contributed by atoms with Crippen LogP contribution in [0.1, 0.15) is 10.4 Å². The Labute approximate surface area is 139 Å². The fourth-order valence-electron chi connectivity index (χ4n) is 2.01. The number of ether oxygens (including phenoxy) is 1. The van der Waals surface area contributed by atoms with Crippen LogP contribution in [0, 0.1) is 0 Å². The molecule has 0 aliphatic heterocycles. The summed E-state index contributed by atoms with van der Waals surface area (Å²) in [5.74, 6) is 0.809. The van der Waals surface area contributed by atoms with E-state index >= 15 is 0 Å². The maximum Gasteiger partial charge on any atom is 0.256 e. The number of amides is 1. The van der Waals surface area contributed by atoms with Gasteiger partial charge < -0.3 is 10.1 Å². The SMILES string of the molecule is O=C(Nc1ccc(Oc2ccc3nnnn3n2)cc1)c1ccsc1. The smallest absolute Gasteiger partial charge is 0.256 e. The number of aromatic nitrogens is 5. The lowest BCUT2D eigenvalue weighted by Crippen LogP contribution is -2.10. The Morgan fingerprint density at radius 1 is 1.12 bits per heavy atom. The van der Waals surface area contributed by atoms with Crippen molar-refractivity contribution in [2.75, 3.05) is 5.32 Å². The first-order valence-corrected chi connectivity index (χ1v) is 7.89. The molecule has 8 nitrogen and oxygen atoms in total. The zero-order chi connectivity index (χ0) is 16.4. The monoisotopic (exact) mass is 338 g/mol. The third kappa shape index (κ3) is 2.92. The van der Waals surface area contributed by atoms with E-state index in [2.05, 4.69) is 25.9 Å². The number of carbonyl (C=O) groups is 1. The van der Waals surface area contributed by atoms with Crippen LogP contribution >= 0.6 is 11.3 Å². The summed E-state index contributed by atoms with van der Waals surface area (Å²) in [6, 6.07) is 12.2. The topological polar surface area (TPSA) is 94.3 Å². The number of benzene rings is 1. The van der Waals surface area contributed by atoms with Crippen LogP contribution in [0.5, 0.6) is 11.6 Å². The average Bonchev–Trinajstić information content (AvgIpc) is 3.27. The molecule has 0 unspecified atom stereocenters. The second-order valence-electron chi connectivity index (χ2n) is 4.79. The van der Waals surface area contributed by atoms with Crippen molar-refractivity contribution in [3.8, 4) is 11.6 Å². The van der Waals surface area contributed by atoms with Gasteiger partial charge in [-0.05, 0) is 52.2 Å². The quantitative estimate of drug-likeness (QED) is 0.615. The van der Waals surface area contributed by atoms with Crippen LogP contribution < -0.4 is 10.1 Å². The third-order valence-electron chi connectivity index (χ3n) is 3.16. The minimum atomic E-state index is -0.143. The van der Waals surface area contributed by atoms with Gasteiger partial charge in [-0.15, -0.1) is 14.8 Å². The van der Waals surface area contributed by atoms with Crippen LogP contribution in [-0.2, 0) is 0 Å². The predicted octanol–water partition coefficient (Wildman–Crippen LogP) is 2.63. The number of anilines is 1. The molecule has 0 saturated heterocycles.